The molecule has 16 heavy (non-hydrogen) atoms. The maximum Gasteiger partial charge on any atom is 0.147 e. The van der Waals surface area contributed by atoms with Gasteiger partial charge in [0, 0.05) is 12.1 Å². The Morgan fingerprint density at radius 3 is 2.44 bits per heavy atom. The zero-order chi connectivity index (χ0) is 12.3. The average molecular weight is 292 g/mol. The van der Waals surface area contributed by atoms with Crippen LogP contribution in [-0.4, -0.2) is 6.04 Å². The number of hydrogen-bond donors (Lipinski definition) is 1. The predicted octanol–water partition coefficient (Wildman–Crippen LogP) is 4.57. The molecule has 0 bridgehead atoms. The van der Waals surface area contributed by atoms with E-state index in [0.29, 0.717) is 5.92 Å². The van der Waals surface area contributed by atoms with Crippen molar-refractivity contribution in [3.05, 3.63) is 28.2 Å². The summed E-state index contributed by atoms with van der Waals surface area (Å²) in [4.78, 5) is 0. The molecule has 1 nitrogen and oxygen atoms in total. The van der Waals surface area contributed by atoms with Gasteiger partial charge in [0.05, 0.1) is 10.2 Å². The van der Waals surface area contributed by atoms with Gasteiger partial charge in [-0.3, -0.25) is 0 Å². The van der Waals surface area contributed by atoms with Gasteiger partial charge in [-0.05, 0) is 34.8 Å². The molecule has 0 aliphatic heterocycles. The molecule has 1 aromatic carbocycles. The molecule has 0 spiro atoms. The third kappa shape index (κ3) is 3.17. The number of halogens is 3. The van der Waals surface area contributed by atoms with E-state index in [4.69, 9.17) is 0 Å². The second-order valence-corrected chi connectivity index (χ2v) is 4.92. The first-order chi connectivity index (χ1) is 7.45. The Labute approximate surface area is 103 Å². The lowest BCUT2D eigenvalue weighted by Gasteiger charge is -2.21. The van der Waals surface area contributed by atoms with Gasteiger partial charge in [0.1, 0.15) is 11.6 Å². The van der Waals surface area contributed by atoms with Crippen LogP contribution in [0.15, 0.2) is 16.6 Å². The molecule has 90 valence electrons. The van der Waals surface area contributed by atoms with Crippen LogP contribution < -0.4 is 5.32 Å². The highest BCUT2D eigenvalue weighted by Gasteiger charge is 2.14. The van der Waals surface area contributed by atoms with Crippen LogP contribution in [-0.2, 0) is 0 Å². The van der Waals surface area contributed by atoms with E-state index >= 15 is 0 Å². The van der Waals surface area contributed by atoms with Gasteiger partial charge in [-0.25, -0.2) is 8.78 Å². The summed E-state index contributed by atoms with van der Waals surface area (Å²) >= 11 is 2.95. The first kappa shape index (κ1) is 13.4. The molecule has 1 rings (SSSR count). The lowest BCUT2D eigenvalue weighted by atomic mass is 10.0. The Morgan fingerprint density at radius 1 is 1.25 bits per heavy atom. The number of rotatable bonds is 4. The van der Waals surface area contributed by atoms with Crippen molar-refractivity contribution in [2.75, 3.05) is 5.32 Å². The van der Waals surface area contributed by atoms with Crippen molar-refractivity contribution in [2.45, 2.75) is 33.2 Å². The smallest absolute Gasteiger partial charge is 0.147 e. The van der Waals surface area contributed by atoms with E-state index in [0.717, 1.165) is 12.5 Å². The lowest BCUT2D eigenvalue weighted by molar-refractivity contribution is 0.490. The lowest BCUT2D eigenvalue weighted by Crippen LogP contribution is -2.23. The molecule has 0 amide bonds. The Kier molecular flexibility index (Phi) is 4.71. The third-order valence-corrected chi connectivity index (χ3v) is 3.50. The summed E-state index contributed by atoms with van der Waals surface area (Å²) in [6.07, 6.45) is 0.995. The van der Waals surface area contributed by atoms with Gasteiger partial charge in [0.15, 0.2) is 0 Å². The van der Waals surface area contributed by atoms with Gasteiger partial charge in [0.25, 0.3) is 0 Å². The number of nitrogens with one attached hydrogen (secondary N) is 1. The molecule has 2 unspecified atom stereocenters. The fraction of sp³-hybridized carbons (Fsp3) is 0.500. The van der Waals surface area contributed by atoms with Crippen LogP contribution in [0.2, 0.25) is 0 Å². The van der Waals surface area contributed by atoms with E-state index in [-0.39, 0.29) is 16.2 Å². The second kappa shape index (κ2) is 5.62. The molecule has 0 aliphatic carbocycles. The first-order valence-corrected chi connectivity index (χ1v) is 6.16. The Hall–Kier alpha value is -0.640. The van der Waals surface area contributed by atoms with Crippen molar-refractivity contribution >= 4 is 21.6 Å². The molecule has 1 N–H and O–H groups in total. The SMILES string of the molecule is CCC(C)C(C)Nc1cc(F)c(Br)cc1F. The zero-order valence-corrected chi connectivity index (χ0v) is 11.2. The molecular formula is C12H16BrF2N. The minimum atomic E-state index is -0.458. The highest BCUT2D eigenvalue weighted by atomic mass is 79.9. The van der Waals surface area contributed by atoms with Gasteiger partial charge in [-0.2, -0.15) is 0 Å². The third-order valence-electron chi connectivity index (χ3n) is 2.89. The van der Waals surface area contributed by atoms with Crippen molar-refractivity contribution in [3.8, 4) is 0 Å². The Morgan fingerprint density at radius 2 is 1.88 bits per heavy atom. The van der Waals surface area contributed by atoms with Crippen molar-refractivity contribution in [3.63, 3.8) is 0 Å². The first-order valence-electron chi connectivity index (χ1n) is 5.36. The molecule has 0 radical (unpaired) electrons. The quantitative estimate of drug-likeness (QED) is 0.801. The Bertz CT molecular complexity index is 368. The average Bonchev–Trinajstić information content (AvgIpc) is 2.24. The summed E-state index contributed by atoms with van der Waals surface area (Å²) in [5.41, 5.74) is 0.216. The molecule has 0 saturated carbocycles. The van der Waals surface area contributed by atoms with E-state index in [2.05, 4.69) is 35.1 Å². The van der Waals surface area contributed by atoms with Gasteiger partial charge in [-0.15, -0.1) is 0 Å². The molecule has 0 heterocycles. The summed E-state index contributed by atoms with van der Waals surface area (Å²) in [6, 6.07) is 2.43. The monoisotopic (exact) mass is 291 g/mol. The summed E-state index contributed by atoms with van der Waals surface area (Å²) in [5.74, 6) is -0.491. The fourth-order valence-corrected chi connectivity index (χ4v) is 1.69. The molecule has 2 atom stereocenters. The van der Waals surface area contributed by atoms with Crippen molar-refractivity contribution in [1.82, 2.24) is 0 Å². The van der Waals surface area contributed by atoms with E-state index in [1.807, 2.05) is 6.92 Å². The summed E-state index contributed by atoms with van der Waals surface area (Å²) in [5, 5.41) is 2.99. The summed E-state index contributed by atoms with van der Waals surface area (Å²) in [6.45, 7) is 6.11. The van der Waals surface area contributed by atoms with E-state index in [1.165, 1.54) is 6.07 Å². The highest BCUT2D eigenvalue weighted by Crippen LogP contribution is 2.25. The maximum absolute atomic E-state index is 13.5. The van der Waals surface area contributed by atoms with Gasteiger partial charge >= 0.3 is 0 Å². The molecule has 4 heteroatoms. The van der Waals surface area contributed by atoms with E-state index in [1.54, 1.807) is 0 Å². The minimum Gasteiger partial charge on any atom is -0.380 e. The fourth-order valence-electron chi connectivity index (χ4n) is 1.37. The number of benzene rings is 1. The van der Waals surface area contributed by atoms with E-state index < -0.39 is 11.6 Å². The molecule has 0 aromatic heterocycles. The van der Waals surface area contributed by atoms with Crippen LogP contribution in [0.3, 0.4) is 0 Å². The maximum atomic E-state index is 13.5. The summed E-state index contributed by atoms with van der Waals surface area (Å²) in [7, 11) is 0. The van der Waals surface area contributed by atoms with E-state index in [9.17, 15) is 8.78 Å². The Balaban J connectivity index is 2.85. The van der Waals surface area contributed by atoms with Crippen LogP contribution in [0.25, 0.3) is 0 Å². The number of anilines is 1. The summed E-state index contributed by atoms with van der Waals surface area (Å²) < 4.78 is 26.9. The van der Waals surface area contributed by atoms with Crippen molar-refractivity contribution in [2.24, 2.45) is 5.92 Å². The van der Waals surface area contributed by atoms with Crippen LogP contribution in [0.1, 0.15) is 27.2 Å². The molecular weight excluding hydrogens is 276 g/mol. The minimum absolute atomic E-state index is 0.111. The molecule has 1 aromatic rings. The molecule has 0 saturated heterocycles. The number of hydrogen-bond acceptors (Lipinski definition) is 1. The van der Waals surface area contributed by atoms with Crippen molar-refractivity contribution < 1.29 is 8.78 Å². The van der Waals surface area contributed by atoms with Crippen molar-refractivity contribution in [1.29, 1.82) is 0 Å². The predicted molar refractivity (Wildman–Crippen MR) is 66.6 cm³/mol. The molecule has 0 aliphatic rings. The normalized spacial score (nSPS) is 14.6. The van der Waals surface area contributed by atoms with Crippen LogP contribution >= 0.6 is 15.9 Å². The topological polar surface area (TPSA) is 12.0 Å². The van der Waals surface area contributed by atoms with Crippen LogP contribution in [0, 0.1) is 17.6 Å². The van der Waals surface area contributed by atoms with Crippen LogP contribution in [0.5, 0.6) is 0 Å². The molecule has 0 fully saturated rings. The zero-order valence-electron chi connectivity index (χ0n) is 9.65. The van der Waals surface area contributed by atoms with Gasteiger partial charge in [0.2, 0.25) is 0 Å². The van der Waals surface area contributed by atoms with Crippen LogP contribution in [0.4, 0.5) is 14.5 Å². The van der Waals surface area contributed by atoms with Gasteiger partial charge in [-0.1, -0.05) is 20.3 Å². The highest BCUT2D eigenvalue weighted by molar-refractivity contribution is 9.10. The van der Waals surface area contributed by atoms with Gasteiger partial charge < -0.3 is 5.32 Å². The largest absolute Gasteiger partial charge is 0.380 e. The second-order valence-electron chi connectivity index (χ2n) is 4.06. The standard InChI is InChI=1S/C12H16BrF2N/c1-4-7(2)8(3)16-12-6-10(14)9(13)5-11(12)15/h5-8,16H,4H2,1-3H3.